The lowest BCUT2D eigenvalue weighted by atomic mass is 9.94. The summed E-state index contributed by atoms with van der Waals surface area (Å²) in [4.78, 5) is 42.6. The zero-order chi connectivity index (χ0) is 21.7. The highest BCUT2D eigenvalue weighted by Crippen LogP contribution is 2.28. The molecule has 3 amide bonds. The molecule has 2 saturated heterocycles. The van der Waals surface area contributed by atoms with Crippen molar-refractivity contribution in [1.82, 2.24) is 9.80 Å². The standard InChI is InChI=1S/C22H25N5O3/c1-16-2-4-19(5-3-16)27-15-18(14-20(27)28)22(30)25-10-6-17(7-11-25)21(29)26(12-8-23)13-9-24/h2-5,17-18H,6-7,10-15H2,1H3/t18-/m0/s1. The lowest BCUT2D eigenvalue weighted by Gasteiger charge is -2.34. The van der Waals surface area contributed by atoms with E-state index in [1.54, 1.807) is 9.80 Å². The van der Waals surface area contributed by atoms with Gasteiger partial charge < -0.3 is 14.7 Å². The number of aryl methyl sites for hydroxylation is 1. The van der Waals surface area contributed by atoms with E-state index in [0.717, 1.165) is 11.3 Å². The molecule has 3 rings (SSSR count). The van der Waals surface area contributed by atoms with Gasteiger partial charge in [0, 0.05) is 37.7 Å². The Morgan fingerprint density at radius 1 is 1.07 bits per heavy atom. The van der Waals surface area contributed by atoms with Crippen LogP contribution in [-0.2, 0) is 14.4 Å². The fraction of sp³-hybridized carbons (Fsp3) is 0.500. The van der Waals surface area contributed by atoms with Crippen molar-refractivity contribution in [2.75, 3.05) is 37.6 Å². The monoisotopic (exact) mass is 407 g/mol. The number of anilines is 1. The lowest BCUT2D eigenvalue weighted by Crippen LogP contribution is -2.46. The van der Waals surface area contributed by atoms with E-state index in [2.05, 4.69) is 0 Å². The highest BCUT2D eigenvalue weighted by molar-refractivity contribution is 6.00. The van der Waals surface area contributed by atoms with Gasteiger partial charge in [-0.25, -0.2) is 0 Å². The van der Waals surface area contributed by atoms with Gasteiger partial charge in [0.15, 0.2) is 0 Å². The van der Waals surface area contributed by atoms with Crippen molar-refractivity contribution in [1.29, 1.82) is 10.5 Å². The maximum atomic E-state index is 13.0. The van der Waals surface area contributed by atoms with Crippen LogP contribution in [0.15, 0.2) is 24.3 Å². The Labute approximate surface area is 176 Å². The minimum atomic E-state index is -0.375. The first-order valence-corrected chi connectivity index (χ1v) is 10.1. The largest absolute Gasteiger partial charge is 0.342 e. The summed E-state index contributed by atoms with van der Waals surface area (Å²) in [6.07, 6.45) is 1.20. The van der Waals surface area contributed by atoms with Crippen LogP contribution in [0.5, 0.6) is 0 Å². The summed E-state index contributed by atoms with van der Waals surface area (Å²) < 4.78 is 0. The fourth-order valence-corrected chi connectivity index (χ4v) is 4.09. The predicted molar refractivity (Wildman–Crippen MR) is 109 cm³/mol. The molecule has 0 aromatic heterocycles. The van der Waals surface area contributed by atoms with Crippen LogP contribution in [0.25, 0.3) is 0 Å². The second-order valence-electron chi connectivity index (χ2n) is 7.85. The van der Waals surface area contributed by atoms with Crippen molar-refractivity contribution >= 4 is 23.4 Å². The summed E-state index contributed by atoms with van der Waals surface area (Å²) in [6, 6.07) is 11.5. The van der Waals surface area contributed by atoms with E-state index in [-0.39, 0.29) is 49.1 Å². The van der Waals surface area contributed by atoms with Gasteiger partial charge >= 0.3 is 0 Å². The molecule has 0 bridgehead atoms. The Hall–Kier alpha value is -3.39. The van der Waals surface area contributed by atoms with Crippen LogP contribution >= 0.6 is 0 Å². The lowest BCUT2D eigenvalue weighted by molar-refractivity contribution is -0.141. The van der Waals surface area contributed by atoms with Gasteiger partial charge in [-0.15, -0.1) is 0 Å². The van der Waals surface area contributed by atoms with Crippen LogP contribution in [0.1, 0.15) is 24.8 Å². The van der Waals surface area contributed by atoms with E-state index in [1.807, 2.05) is 43.3 Å². The van der Waals surface area contributed by atoms with Crippen LogP contribution in [0.2, 0.25) is 0 Å². The first-order valence-electron chi connectivity index (χ1n) is 10.1. The summed E-state index contributed by atoms with van der Waals surface area (Å²) in [7, 11) is 0. The van der Waals surface area contributed by atoms with Crippen molar-refractivity contribution in [2.24, 2.45) is 11.8 Å². The minimum Gasteiger partial charge on any atom is -0.342 e. The van der Waals surface area contributed by atoms with Gasteiger partial charge in [0.1, 0.15) is 13.1 Å². The molecular weight excluding hydrogens is 382 g/mol. The fourth-order valence-electron chi connectivity index (χ4n) is 4.09. The molecular formula is C22H25N5O3. The molecule has 0 spiro atoms. The smallest absolute Gasteiger partial charge is 0.228 e. The number of nitrogens with zero attached hydrogens (tertiary/aromatic N) is 5. The van der Waals surface area contributed by atoms with Gasteiger partial charge in [-0.05, 0) is 31.9 Å². The number of benzene rings is 1. The Bertz CT molecular complexity index is 875. The maximum Gasteiger partial charge on any atom is 0.228 e. The molecule has 1 aromatic rings. The van der Waals surface area contributed by atoms with Crippen LogP contribution in [-0.4, -0.2) is 60.2 Å². The molecule has 0 aliphatic carbocycles. The first kappa shape index (κ1) is 21.3. The zero-order valence-corrected chi connectivity index (χ0v) is 17.1. The number of amides is 3. The molecule has 2 heterocycles. The number of hydrogen-bond acceptors (Lipinski definition) is 5. The highest BCUT2D eigenvalue weighted by atomic mass is 16.2. The Morgan fingerprint density at radius 2 is 1.67 bits per heavy atom. The molecule has 0 unspecified atom stereocenters. The molecule has 0 saturated carbocycles. The second-order valence-corrected chi connectivity index (χ2v) is 7.85. The molecule has 1 atom stereocenters. The van der Waals surface area contributed by atoms with Gasteiger partial charge in [0.25, 0.3) is 0 Å². The third-order valence-corrected chi connectivity index (χ3v) is 5.81. The normalized spacial score (nSPS) is 19.3. The molecule has 2 aliphatic rings. The third kappa shape index (κ3) is 4.60. The van der Waals surface area contributed by atoms with E-state index >= 15 is 0 Å². The number of hydrogen-bond donors (Lipinski definition) is 0. The molecule has 0 N–H and O–H groups in total. The summed E-state index contributed by atoms with van der Waals surface area (Å²) >= 11 is 0. The van der Waals surface area contributed by atoms with Gasteiger partial charge in [0.05, 0.1) is 18.1 Å². The maximum absolute atomic E-state index is 13.0. The number of carbonyl (C=O) groups excluding carboxylic acids is 3. The van der Waals surface area contributed by atoms with E-state index in [4.69, 9.17) is 10.5 Å². The van der Waals surface area contributed by atoms with Crippen LogP contribution in [0.4, 0.5) is 5.69 Å². The van der Waals surface area contributed by atoms with Crippen LogP contribution in [0, 0.1) is 41.4 Å². The Kier molecular flexibility index (Phi) is 6.68. The van der Waals surface area contributed by atoms with Crippen molar-refractivity contribution in [3.8, 4) is 12.1 Å². The average molecular weight is 407 g/mol. The summed E-state index contributed by atoms with van der Waals surface area (Å²) in [5.41, 5.74) is 1.92. The highest BCUT2D eigenvalue weighted by Gasteiger charge is 2.39. The molecule has 2 fully saturated rings. The Balaban J connectivity index is 1.56. The van der Waals surface area contributed by atoms with Crippen molar-refractivity contribution in [2.45, 2.75) is 26.2 Å². The SMILES string of the molecule is Cc1ccc(N2C[C@@H](C(=O)N3CCC(C(=O)N(CC#N)CC#N)CC3)CC2=O)cc1. The average Bonchev–Trinajstić information content (AvgIpc) is 3.15. The van der Waals surface area contributed by atoms with Gasteiger partial charge in [0.2, 0.25) is 17.7 Å². The van der Waals surface area contributed by atoms with E-state index in [0.29, 0.717) is 32.5 Å². The third-order valence-electron chi connectivity index (χ3n) is 5.81. The summed E-state index contributed by atoms with van der Waals surface area (Å²) in [5, 5.41) is 17.7. The van der Waals surface area contributed by atoms with E-state index in [1.165, 1.54) is 4.90 Å². The van der Waals surface area contributed by atoms with Crippen molar-refractivity contribution < 1.29 is 14.4 Å². The number of nitriles is 2. The number of rotatable bonds is 5. The molecule has 8 nitrogen and oxygen atoms in total. The Morgan fingerprint density at radius 3 is 2.23 bits per heavy atom. The molecule has 2 aliphatic heterocycles. The second kappa shape index (κ2) is 9.41. The topological polar surface area (TPSA) is 109 Å². The first-order chi connectivity index (χ1) is 14.4. The molecule has 0 radical (unpaired) electrons. The van der Waals surface area contributed by atoms with Gasteiger partial charge in [-0.1, -0.05) is 17.7 Å². The van der Waals surface area contributed by atoms with Crippen molar-refractivity contribution in [3.05, 3.63) is 29.8 Å². The number of carbonyl (C=O) groups is 3. The predicted octanol–water partition coefficient (Wildman–Crippen LogP) is 1.46. The van der Waals surface area contributed by atoms with E-state index < -0.39 is 0 Å². The molecule has 156 valence electrons. The zero-order valence-electron chi connectivity index (χ0n) is 17.1. The van der Waals surface area contributed by atoms with E-state index in [9.17, 15) is 14.4 Å². The molecule has 1 aromatic carbocycles. The molecule has 30 heavy (non-hydrogen) atoms. The van der Waals surface area contributed by atoms with Crippen LogP contribution < -0.4 is 4.90 Å². The van der Waals surface area contributed by atoms with Crippen molar-refractivity contribution in [3.63, 3.8) is 0 Å². The summed E-state index contributed by atoms with van der Waals surface area (Å²) in [5.74, 6) is -0.961. The van der Waals surface area contributed by atoms with Crippen LogP contribution in [0.3, 0.4) is 0 Å². The number of likely N-dealkylation sites (tertiary alicyclic amines) is 1. The number of piperidine rings is 1. The van der Waals surface area contributed by atoms with Gasteiger partial charge in [-0.2, -0.15) is 10.5 Å². The molecule has 8 heteroatoms. The summed E-state index contributed by atoms with van der Waals surface area (Å²) in [6.45, 7) is 3.03. The minimum absolute atomic E-state index is 0.0465. The van der Waals surface area contributed by atoms with Gasteiger partial charge in [-0.3, -0.25) is 14.4 Å². The quantitative estimate of drug-likeness (QED) is 0.687.